The average Bonchev–Trinajstić information content (AvgIpc) is 2.94. The maximum atomic E-state index is 5.62. The molecule has 0 radical (unpaired) electrons. The summed E-state index contributed by atoms with van der Waals surface area (Å²) in [6.07, 6.45) is 0.788. The number of anilines is 1. The van der Waals surface area contributed by atoms with E-state index in [4.69, 9.17) is 11.5 Å². The highest BCUT2D eigenvalue weighted by Crippen LogP contribution is 2.22. The summed E-state index contributed by atoms with van der Waals surface area (Å²) >= 11 is 1.59. The number of nitrogens with one attached hydrogen (secondary N) is 1. The Morgan fingerprint density at radius 1 is 1.22 bits per heavy atom. The van der Waals surface area contributed by atoms with Gasteiger partial charge in [0.15, 0.2) is 11.5 Å². The maximum Gasteiger partial charge on any atom is 0.180 e. The lowest BCUT2D eigenvalue weighted by Crippen LogP contribution is -2.02. The summed E-state index contributed by atoms with van der Waals surface area (Å²) in [4.78, 5) is 16.2. The van der Waals surface area contributed by atoms with Crippen LogP contribution in [0, 0.1) is 0 Å². The van der Waals surface area contributed by atoms with E-state index in [0.717, 1.165) is 22.6 Å². The minimum Gasteiger partial charge on any atom is -0.384 e. The molecule has 0 bridgehead atoms. The summed E-state index contributed by atoms with van der Waals surface area (Å²) in [5.41, 5.74) is 13.4. The lowest BCUT2D eigenvalue weighted by molar-refractivity contribution is 0.953. The number of aromatic nitrogens is 4. The summed E-state index contributed by atoms with van der Waals surface area (Å²) in [7, 11) is 0. The molecule has 3 rings (SSSR count). The second-order valence-corrected chi connectivity index (χ2v) is 4.80. The van der Waals surface area contributed by atoms with Crippen molar-refractivity contribution in [2.75, 3.05) is 12.3 Å². The number of aromatic amines is 1. The zero-order valence-electron chi connectivity index (χ0n) is 9.55. The first-order chi connectivity index (χ1) is 8.76. The van der Waals surface area contributed by atoms with Gasteiger partial charge in [0.25, 0.3) is 0 Å². The predicted molar refractivity (Wildman–Crippen MR) is 72.2 cm³/mol. The molecule has 5 N–H and O–H groups in total. The molecule has 0 saturated carbocycles. The molecule has 92 valence electrons. The number of thiazole rings is 1. The quantitative estimate of drug-likeness (QED) is 0.655. The molecule has 0 aliphatic rings. The first kappa shape index (κ1) is 11.1. The molecule has 0 amide bonds. The standard InChI is InChI=1S/C11H12N6S/c12-4-3-9-14-7(5-18-9)11-15-6-1-2-8(13)16-10(6)17-11/h1-2,5H,3-4,12H2,(H3,13,15,16,17). The normalized spacial score (nSPS) is 11.2. The summed E-state index contributed by atoms with van der Waals surface area (Å²) in [5, 5.41) is 2.98. The number of hydrogen-bond donors (Lipinski definition) is 3. The maximum absolute atomic E-state index is 5.62. The van der Waals surface area contributed by atoms with Crippen molar-refractivity contribution in [2.45, 2.75) is 6.42 Å². The number of nitrogens with zero attached hydrogens (tertiary/aromatic N) is 3. The summed E-state index contributed by atoms with van der Waals surface area (Å²) in [6.45, 7) is 0.602. The van der Waals surface area contributed by atoms with Gasteiger partial charge in [0.1, 0.15) is 11.5 Å². The zero-order chi connectivity index (χ0) is 12.5. The van der Waals surface area contributed by atoms with Crippen LogP contribution < -0.4 is 11.5 Å². The molecule has 6 nitrogen and oxygen atoms in total. The van der Waals surface area contributed by atoms with Gasteiger partial charge in [0.05, 0.1) is 10.5 Å². The second kappa shape index (κ2) is 4.35. The van der Waals surface area contributed by atoms with E-state index in [-0.39, 0.29) is 0 Å². The van der Waals surface area contributed by atoms with Crippen molar-refractivity contribution in [2.24, 2.45) is 5.73 Å². The van der Waals surface area contributed by atoms with Crippen molar-refractivity contribution in [1.82, 2.24) is 19.9 Å². The van der Waals surface area contributed by atoms with E-state index in [2.05, 4.69) is 19.9 Å². The van der Waals surface area contributed by atoms with E-state index in [9.17, 15) is 0 Å². The molecule has 0 spiro atoms. The van der Waals surface area contributed by atoms with Crippen LogP contribution in [-0.2, 0) is 6.42 Å². The van der Waals surface area contributed by atoms with Crippen LogP contribution in [0.1, 0.15) is 5.01 Å². The Hall–Kier alpha value is -1.99. The van der Waals surface area contributed by atoms with Crippen molar-refractivity contribution < 1.29 is 0 Å². The van der Waals surface area contributed by atoms with Crippen molar-refractivity contribution in [1.29, 1.82) is 0 Å². The van der Waals surface area contributed by atoms with E-state index in [0.29, 0.717) is 23.8 Å². The number of nitrogens with two attached hydrogens (primary N) is 2. The van der Waals surface area contributed by atoms with Crippen LogP contribution in [-0.4, -0.2) is 26.5 Å². The van der Waals surface area contributed by atoms with Gasteiger partial charge in [0, 0.05) is 11.8 Å². The number of nitrogen functional groups attached to an aromatic ring is 1. The van der Waals surface area contributed by atoms with Crippen molar-refractivity contribution in [3.8, 4) is 11.5 Å². The fourth-order valence-electron chi connectivity index (χ4n) is 1.69. The van der Waals surface area contributed by atoms with Crippen LogP contribution in [0.4, 0.5) is 5.82 Å². The molecule has 7 heteroatoms. The predicted octanol–water partition coefficient (Wildman–Crippen LogP) is 1.16. The molecular formula is C11H12N6S. The minimum absolute atomic E-state index is 0.461. The third kappa shape index (κ3) is 1.93. The molecule has 3 heterocycles. The Bertz CT molecular complexity index is 686. The first-order valence-corrected chi connectivity index (χ1v) is 6.41. The molecule has 0 aliphatic carbocycles. The van der Waals surface area contributed by atoms with Gasteiger partial charge in [-0.15, -0.1) is 11.3 Å². The second-order valence-electron chi connectivity index (χ2n) is 3.86. The Kier molecular flexibility index (Phi) is 2.69. The largest absolute Gasteiger partial charge is 0.384 e. The van der Waals surface area contributed by atoms with Gasteiger partial charge in [-0.25, -0.2) is 15.0 Å². The Morgan fingerprint density at radius 2 is 2.11 bits per heavy atom. The van der Waals surface area contributed by atoms with Crippen LogP contribution in [0.2, 0.25) is 0 Å². The van der Waals surface area contributed by atoms with E-state index < -0.39 is 0 Å². The van der Waals surface area contributed by atoms with E-state index in [1.54, 1.807) is 17.4 Å². The minimum atomic E-state index is 0.461. The number of hydrogen-bond acceptors (Lipinski definition) is 6. The van der Waals surface area contributed by atoms with Gasteiger partial charge in [-0.1, -0.05) is 0 Å². The Balaban J connectivity index is 2.02. The lowest BCUT2D eigenvalue weighted by atomic mass is 10.4. The number of rotatable bonds is 3. The highest BCUT2D eigenvalue weighted by Gasteiger charge is 2.10. The highest BCUT2D eigenvalue weighted by molar-refractivity contribution is 7.09. The lowest BCUT2D eigenvalue weighted by Gasteiger charge is -1.89. The van der Waals surface area contributed by atoms with Crippen LogP contribution in [0.3, 0.4) is 0 Å². The first-order valence-electron chi connectivity index (χ1n) is 5.53. The molecule has 0 atom stereocenters. The van der Waals surface area contributed by atoms with E-state index in [1.807, 2.05) is 11.4 Å². The smallest absolute Gasteiger partial charge is 0.180 e. The van der Waals surface area contributed by atoms with Crippen LogP contribution >= 0.6 is 11.3 Å². The molecular weight excluding hydrogens is 248 g/mol. The van der Waals surface area contributed by atoms with Crippen LogP contribution in [0.25, 0.3) is 22.7 Å². The fourth-order valence-corrected chi connectivity index (χ4v) is 2.49. The third-order valence-corrected chi connectivity index (χ3v) is 3.43. The van der Waals surface area contributed by atoms with Crippen LogP contribution in [0.15, 0.2) is 17.5 Å². The molecule has 3 aromatic heterocycles. The Morgan fingerprint density at radius 3 is 2.94 bits per heavy atom. The zero-order valence-corrected chi connectivity index (χ0v) is 10.4. The van der Waals surface area contributed by atoms with E-state index >= 15 is 0 Å². The number of pyridine rings is 1. The highest BCUT2D eigenvalue weighted by atomic mass is 32.1. The van der Waals surface area contributed by atoms with Crippen molar-refractivity contribution in [3.63, 3.8) is 0 Å². The van der Waals surface area contributed by atoms with Gasteiger partial charge >= 0.3 is 0 Å². The molecule has 0 aliphatic heterocycles. The Labute approximate surface area is 107 Å². The average molecular weight is 260 g/mol. The van der Waals surface area contributed by atoms with E-state index in [1.165, 1.54) is 0 Å². The SMILES string of the molecule is NCCc1nc(-c2nc3nc(N)ccc3[nH]2)cs1. The van der Waals surface area contributed by atoms with Gasteiger partial charge in [-0.2, -0.15) is 0 Å². The van der Waals surface area contributed by atoms with Crippen molar-refractivity contribution in [3.05, 3.63) is 22.5 Å². The number of fused-ring (bicyclic) bond motifs is 1. The summed E-state index contributed by atoms with van der Waals surface area (Å²) < 4.78 is 0. The number of H-pyrrole nitrogens is 1. The van der Waals surface area contributed by atoms with Crippen molar-refractivity contribution >= 4 is 28.3 Å². The number of imidazole rings is 1. The molecule has 3 aromatic rings. The third-order valence-electron chi connectivity index (χ3n) is 2.52. The van der Waals surface area contributed by atoms with Gasteiger partial charge in [0.2, 0.25) is 0 Å². The molecule has 0 unspecified atom stereocenters. The molecule has 0 saturated heterocycles. The monoisotopic (exact) mass is 260 g/mol. The molecule has 18 heavy (non-hydrogen) atoms. The van der Waals surface area contributed by atoms with Gasteiger partial charge in [-0.05, 0) is 18.7 Å². The molecule has 0 fully saturated rings. The summed E-state index contributed by atoms with van der Waals surface area (Å²) in [5.74, 6) is 1.17. The van der Waals surface area contributed by atoms with Crippen LogP contribution in [0.5, 0.6) is 0 Å². The van der Waals surface area contributed by atoms with Gasteiger partial charge < -0.3 is 16.5 Å². The summed E-state index contributed by atoms with van der Waals surface area (Å²) in [6, 6.07) is 3.60. The van der Waals surface area contributed by atoms with Gasteiger partial charge in [-0.3, -0.25) is 0 Å². The fraction of sp³-hybridized carbons (Fsp3) is 0.182. The molecule has 0 aromatic carbocycles. The topological polar surface area (TPSA) is 106 Å².